The molecule has 69 heavy (non-hydrogen) atoms. The number of benzene rings is 10. The van der Waals surface area contributed by atoms with Crippen LogP contribution in [-0.4, -0.2) is 0 Å². The summed E-state index contributed by atoms with van der Waals surface area (Å²) in [7, 11) is 0. The van der Waals surface area contributed by atoms with Crippen LogP contribution in [0.15, 0.2) is 231 Å². The summed E-state index contributed by atoms with van der Waals surface area (Å²) in [6.45, 7) is 9.55. The molecule has 0 heterocycles. The van der Waals surface area contributed by atoms with Crippen LogP contribution in [0, 0.1) is 0 Å². The molecule has 1 unspecified atom stereocenters. The van der Waals surface area contributed by atoms with E-state index in [1.807, 2.05) is 0 Å². The molecule has 0 fully saturated rings. The quantitative estimate of drug-likeness (QED) is 0.164. The molecule has 14 rings (SSSR count). The highest BCUT2D eigenvalue weighted by molar-refractivity contribution is 6.00. The Balaban J connectivity index is 1.04. The fourth-order valence-corrected chi connectivity index (χ4v) is 13.2. The van der Waals surface area contributed by atoms with Crippen LogP contribution in [-0.2, 0) is 16.2 Å². The maximum absolute atomic E-state index is 2.58. The maximum atomic E-state index is 2.58. The first kappa shape index (κ1) is 39.9. The molecule has 2 nitrogen and oxygen atoms in total. The average molecular weight is 883 g/mol. The van der Waals surface area contributed by atoms with Crippen molar-refractivity contribution in [2.45, 2.75) is 43.9 Å². The van der Waals surface area contributed by atoms with E-state index in [4.69, 9.17) is 0 Å². The molecular formula is C67H50N2. The fourth-order valence-electron chi connectivity index (χ4n) is 13.2. The first-order valence-electron chi connectivity index (χ1n) is 24.4. The predicted octanol–water partition coefficient (Wildman–Crippen LogP) is 17.6. The van der Waals surface area contributed by atoms with Crippen molar-refractivity contribution in [3.8, 4) is 44.5 Å². The van der Waals surface area contributed by atoms with Gasteiger partial charge in [-0.05, 0) is 150 Å². The van der Waals surface area contributed by atoms with Crippen LogP contribution in [0.2, 0.25) is 0 Å². The third-order valence-corrected chi connectivity index (χ3v) is 16.3. The van der Waals surface area contributed by atoms with Crippen LogP contribution in [0.1, 0.15) is 72.2 Å². The SMILES string of the molecule is CC1(C)c2ccccc2-c2ccc(N(c3ccc4c(c3)C3(c5ccccc5-c5ccc(N(c6ccccc6)c6ccccc6)cc53)c3ccccc3-4)c3cccc4c3-c3ccccc3C4(C)C)cc21. The molecule has 0 amide bonds. The summed E-state index contributed by atoms with van der Waals surface area (Å²) in [5, 5.41) is 0. The van der Waals surface area contributed by atoms with Gasteiger partial charge in [-0.1, -0.05) is 191 Å². The molecule has 0 saturated carbocycles. The predicted molar refractivity (Wildman–Crippen MR) is 287 cm³/mol. The van der Waals surface area contributed by atoms with E-state index in [0.717, 1.165) is 28.4 Å². The summed E-state index contributed by atoms with van der Waals surface area (Å²) >= 11 is 0. The molecule has 1 atom stereocenters. The van der Waals surface area contributed by atoms with E-state index in [0.29, 0.717) is 0 Å². The Bertz CT molecular complexity index is 3700. The molecule has 328 valence electrons. The highest BCUT2D eigenvalue weighted by atomic mass is 15.2. The zero-order valence-electron chi connectivity index (χ0n) is 39.3. The topological polar surface area (TPSA) is 6.48 Å². The zero-order chi connectivity index (χ0) is 46.2. The lowest BCUT2D eigenvalue weighted by molar-refractivity contribution is 0.660. The second-order valence-electron chi connectivity index (χ2n) is 20.4. The molecule has 4 aliphatic rings. The minimum Gasteiger partial charge on any atom is -0.310 e. The molecule has 10 aromatic carbocycles. The first-order valence-corrected chi connectivity index (χ1v) is 24.4. The van der Waals surface area contributed by atoms with Gasteiger partial charge in [-0.2, -0.15) is 0 Å². The average Bonchev–Trinajstić information content (AvgIpc) is 4.02. The standard InChI is InChI=1S/C67H50N2/c1-65(2)56-29-16-14-27-54(56)64-59(65)32-19-33-63(64)69(46-35-37-51-48-24-11-15-28-55(48)66(3,4)60(51)40-46)47-36-39-53-50-26-13-18-31-58(50)67(62(53)42-47)57-30-17-12-25-49(57)52-38-34-45(41-61(52)67)68(43-20-7-5-8-21-43)44-22-9-6-10-23-44/h5-42H,1-4H3. The molecule has 0 saturated heterocycles. The summed E-state index contributed by atoms with van der Waals surface area (Å²) in [4.78, 5) is 4.98. The molecule has 2 heteroatoms. The number of fused-ring (bicyclic) bond motifs is 16. The number of hydrogen-bond acceptors (Lipinski definition) is 2. The second kappa shape index (κ2) is 14.4. The van der Waals surface area contributed by atoms with E-state index in [-0.39, 0.29) is 10.8 Å². The van der Waals surface area contributed by atoms with Gasteiger partial charge in [0.25, 0.3) is 0 Å². The van der Waals surface area contributed by atoms with Crippen LogP contribution in [0.3, 0.4) is 0 Å². The van der Waals surface area contributed by atoms with Crippen molar-refractivity contribution in [3.05, 3.63) is 275 Å². The van der Waals surface area contributed by atoms with Crippen molar-refractivity contribution in [2.24, 2.45) is 0 Å². The Hall–Kier alpha value is -8.20. The third kappa shape index (κ3) is 5.37. The largest absolute Gasteiger partial charge is 0.310 e. The van der Waals surface area contributed by atoms with Crippen LogP contribution in [0.5, 0.6) is 0 Å². The van der Waals surface area contributed by atoms with Crippen molar-refractivity contribution in [1.29, 1.82) is 0 Å². The Morgan fingerprint density at radius 2 is 0.609 bits per heavy atom. The van der Waals surface area contributed by atoms with Crippen molar-refractivity contribution in [2.75, 3.05) is 9.80 Å². The Labute approximate surface area is 405 Å². The van der Waals surface area contributed by atoms with Gasteiger partial charge < -0.3 is 9.80 Å². The molecule has 0 radical (unpaired) electrons. The molecule has 0 bridgehead atoms. The van der Waals surface area contributed by atoms with Crippen molar-refractivity contribution < 1.29 is 0 Å². The third-order valence-electron chi connectivity index (χ3n) is 16.3. The lowest BCUT2D eigenvalue weighted by atomic mass is 9.70. The van der Waals surface area contributed by atoms with E-state index in [9.17, 15) is 0 Å². The summed E-state index contributed by atoms with van der Waals surface area (Å²) < 4.78 is 0. The number of rotatable bonds is 6. The molecule has 4 aliphatic carbocycles. The van der Waals surface area contributed by atoms with Crippen LogP contribution in [0.25, 0.3) is 44.5 Å². The molecule has 1 spiro atoms. The van der Waals surface area contributed by atoms with Gasteiger partial charge in [0, 0.05) is 44.8 Å². The van der Waals surface area contributed by atoms with Gasteiger partial charge in [-0.15, -0.1) is 0 Å². The van der Waals surface area contributed by atoms with E-state index in [2.05, 4.69) is 268 Å². The number of para-hydroxylation sites is 2. The summed E-state index contributed by atoms with van der Waals surface area (Å²) in [5.41, 5.74) is 27.1. The smallest absolute Gasteiger partial charge is 0.0727 e. The van der Waals surface area contributed by atoms with Gasteiger partial charge in [-0.3, -0.25) is 0 Å². The van der Waals surface area contributed by atoms with Crippen LogP contribution in [0.4, 0.5) is 34.1 Å². The summed E-state index contributed by atoms with van der Waals surface area (Å²) in [5.74, 6) is 0. The van der Waals surface area contributed by atoms with E-state index < -0.39 is 5.41 Å². The van der Waals surface area contributed by atoms with E-state index in [1.54, 1.807) is 0 Å². The highest BCUT2D eigenvalue weighted by Crippen LogP contribution is 2.65. The lowest BCUT2D eigenvalue weighted by Crippen LogP contribution is -2.26. The van der Waals surface area contributed by atoms with E-state index in [1.165, 1.54) is 94.7 Å². The summed E-state index contributed by atoms with van der Waals surface area (Å²) in [6.07, 6.45) is 0. The zero-order valence-corrected chi connectivity index (χ0v) is 39.3. The van der Waals surface area contributed by atoms with Gasteiger partial charge in [0.15, 0.2) is 0 Å². The van der Waals surface area contributed by atoms with Gasteiger partial charge in [0.1, 0.15) is 0 Å². The number of nitrogens with zero attached hydrogens (tertiary/aromatic N) is 2. The Morgan fingerprint density at radius 1 is 0.246 bits per heavy atom. The van der Waals surface area contributed by atoms with Crippen molar-refractivity contribution >= 4 is 34.1 Å². The lowest BCUT2D eigenvalue weighted by Gasteiger charge is -2.34. The molecule has 0 aromatic heterocycles. The van der Waals surface area contributed by atoms with Gasteiger partial charge in [-0.25, -0.2) is 0 Å². The van der Waals surface area contributed by atoms with Gasteiger partial charge >= 0.3 is 0 Å². The van der Waals surface area contributed by atoms with Gasteiger partial charge in [0.05, 0.1) is 11.1 Å². The van der Waals surface area contributed by atoms with Crippen LogP contribution < -0.4 is 9.80 Å². The molecular weight excluding hydrogens is 833 g/mol. The normalized spacial score (nSPS) is 16.4. The number of anilines is 6. The minimum atomic E-state index is -0.580. The Kier molecular flexibility index (Phi) is 8.33. The maximum Gasteiger partial charge on any atom is 0.0727 e. The summed E-state index contributed by atoms with van der Waals surface area (Å²) in [6, 6.07) is 86.8. The van der Waals surface area contributed by atoms with Crippen molar-refractivity contribution in [1.82, 2.24) is 0 Å². The Morgan fingerprint density at radius 3 is 1.14 bits per heavy atom. The fraction of sp³-hybridized carbons (Fsp3) is 0.104. The molecule has 0 aliphatic heterocycles. The highest BCUT2D eigenvalue weighted by Gasteiger charge is 2.52. The molecule has 0 N–H and O–H groups in total. The van der Waals surface area contributed by atoms with E-state index >= 15 is 0 Å². The monoisotopic (exact) mass is 882 g/mol. The molecule has 10 aromatic rings. The second-order valence-corrected chi connectivity index (χ2v) is 20.4. The van der Waals surface area contributed by atoms with Crippen LogP contribution >= 0.6 is 0 Å². The first-order chi connectivity index (χ1) is 33.8. The van der Waals surface area contributed by atoms with Crippen molar-refractivity contribution in [3.63, 3.8) is 0 Å². The number of hydrogen-bond donors (Lipinski definition) is 0. The minimum absolute atomic E-state index is 0.152. The van der Waals surface area contributed by atoms with Gasteiger partial charge in [0.2, 0.25) is 0 Å².